The van der Waals surface area contributed by atoms with Gasteiger partial charge in [-0.25, -0.2) is 4.98 Å². The van der Waals surface area contributed by atoms with Crippen LogP contribution in [-0.4, -0.2) is 69.0 Å². The maximum Gasteiger partial charge on any atom is 0.212 e. The number of pyridine rings is 1. The van der Waals surface area contributed by atoms with Crippen LogP contribution in [0, 0.1) is 34.0 Å². The molecule has 7 atom stereocenters. The molecule has 2 N–H and O–H groups in total. The number of nitriles is 1. The molecule has 3 aliphatic heterocycles. The van der Waals surface area contributed by atoms with E-state index in [2.05, 4.69) is 64.8 Å². The minimum Gasteiger partial charge on any atom is -0.481 e. The first kappa shape index (κ1) is 23.0. The molecule has 1 aliphatic carbocycles. The Morgan fingerprint density at radius 1 is 1.24 bits per heavy atom. The van der Waals surface area contributed by atoms with Crippen LogP contribution in [-0.2, 0) is 6.54 Å². The van der Waals surface area contributed by atoms with Crippen LogP contribution in [0.1, 0.15) is 56.9 Å². The highest BCUT2D eigenvalue weighted by atomic mass is 16.5. The summed E-state index contributed by atoms with van der Waals surface area (Å²) in [5, 5.41) is 25.6. The summed E-state index contributed by atoms with van der Waals surface area (Å²) in [6.45, 7) is 12.0. The first-order chi connectivity index (χ1) is 16.3. The second kappa shape index (κ2) is 8.17. The Bertz CT molecular complexity index is 1100. The minimum atomic E-state index is -0.359. The Morgan fingerprint density at radius 2 is 1.97 bits per heavy atom. The molecule has 0 radical (unpaired) electrons. The quantitative estimate of drug-likeness (QED) is 0.639. The molecule has 4 unspecified atom stereocenters. The largest absolute Gasteiger partial charge is 0.481 e. The van der Waals surface area contributed by atoms with Crippen LogP contribution in [0.15, 0.2) is 24.5 Å². The van der Waals surface area contributed by atoms with Crippen LogP contribution >= 0.6 is 0 Å². The van der Waals surface area contributed by atoms with E-state index in [-0.39, 0.29) is 16.9 Å². The lowest BCUT2D eigenvalue weighted by Crippen LogP contribution is -2.72. The van der Waals surface area contributed by atoms with Gasteiger partial charge in [-0.15, -0.1) is 0 Å². The maximum atomic E-state index is 9.78. The SMILES string of the molecule is COc1ccc(CN2C3CC2CN(C2(C)C(c4[nH]ncc4C#N)[C@](C)(C=N)[C@H](C)[C@H]2C)C3)cn1. The number of hydrogen-bond acceptors (Lipinski definition) is 7. The van der Waals surface area contributed by atoms with Crippen molar-refractivity contribution >= 4 is 6.21 Å². The Hall–Kier alpha value is -2.76. The number of rotatable bonds is 6. The summed E-state index contributed by atoms with van der Waals surface area (Å²) >= 11 is 0. The van der Waals surface area contributed by atoms with Crippen molar-refractivity contribution < 1.29 is 4.74 Å². The fraction of sp³-hybridized carbons (Fsp3) is 0.615. The van der Waals surface area contributed by atoms with Gasteiger partial charge < -0.3 is 10.1 Å². The third-order valence-corrected chi connectivity index (χ3v) is 9.65. The first-order valence-corrected chi connectivity index (χ1v) is 12.2. The van der Waals surface area contributed by atoms with Crippen molar-refractivity contribution in [3.8, 4) is 11.9 Å². The third kappa shape index (κ3) is 3.14. The molecule has 0 amide bonds. The Morgan fingerprint density at radius 3 is 2.56 bits per heavy atom. The highest BCUT2D eigenvalue weighted by Gasteiger charge is 2.65. The van der Waals surface area contributed by atoms with Gasteiger partial charge >= 0.3 is 0 Å². The topological polar surface area (TPSA) is 105 Å². The molecule has 0 aromatic carbocycles. The summed E-state index contributed by atoms with van der Waals surface area (Å²) in [7, 11) is 1.64. The zero-order valence-corrected chi connectivity index (χ0v) is 20.7. The van der Waals surface area contributed by atoms with Crippen LogP contribution in [0.2, 0.25) is 0 Å². The number of ether oxygens (including phenoxy) is 1. The Labute approximate surface area is 201 Å². The van der Waals surface area contributed by atoms with Crippen LogP contribution < -0.4 is 4.74 Å². The molecule has 0 spiro atoms. The van der Waals surface area contributed by atoms with Crippen molar-refractivity contribution in [1.82, 2.24) is 25.0 Å². The molecular formula is C26H35N7O. The molecule has 8 nitrogen and oxygen atoms in total. The average Bonchev–Trinajstić information content (AvgIpc) is 3.39. The number of nitrogens with zero attached hydrogens (tertiary/aromatic N) is 5. The number of fused-ring (bicyclic) bond motifs is 2. The average molecular weight is 462 g/mol. The molecule has 2 bridgehead atoms. The molecule has 2 aromatic heterocycles. The molecule has 6 rings (SSSR count). The van der Waals surface area contributed by atoms with Crippen molar-refractivity contribution in [2.45, 2.75) is 64.2 Å². The smallest absolute Gasteiger partial charge is 0.212 e. The number of nitrogens with one attached hydrogen (secondary N) is 2. The predicted molar refractivity (Wildman–Crippen MR) is 130 cm³/mol. The van der Waals surface area contributed by atoms with Crippen LogP contribution in [0.3, 0.4) is 0 Å². The van der Waals surface area contributed by atoms with E-state index in [1.807, 2.05) is 12.3 Å². The summed E-state index contributed by atoms with van der Waals surface area (Å²) in [5.74, 6) is 1.30. The van der Waals surface area contributed by atoms with Gasteiger partial charge in [-0.1, -0.05) is 26.8 Å². The van der Waals surface area contributed by atoms with Crippen molar-refractivity contribution in [2.24, 2.45) is 17.3 Å². The lowest BCUT2D eigenvalue weighted by molar-refractivity contribution is -0.118. The van der Waals surface area contributed by atoms with Gasteiger partial charge in [0.05, 0.1) is 24.6 Å². The van der Waals surface area contributed by atoms with Crippen LogP contribution in [0.4, 0.5) is 0 Å². The molecule has 180 valence electrons. The number of hydrogen-bond donors (Lipinski definition) is 2. The minimum absolute atomic E-state index is 0.00334. The summed E-state index contributed by atoms with van der Waals surface area (Å²) in [4.78, 5) is 9.64. The summed E-state index contributed by atoms with van der Waals surface area (Å²) in [5.41, 5.74) is 2.15. The maximum absolute atomic E-state index is 9.78. The van der Waals surface area contributed by atoms with E-state index in [1.165, 1.54) is 12.0 Å². The standard InChI is InChI=1S/C26H35N7O/c1-16-17(2)26(4,24(25(16,3)15-28)23-19(9-27)11-30-31-23)32-13-20-8-21(14-32)33(20)12-18-6-7-22(34-5)29-10-18/h6-7,10-11,15-17,20-21,24,28H,8,12-14H2,1-5H3,(H,30,31)/t16-,17-,20?,21?,24?,25-,26?/m1/s1. The molecule has 2 aromatic rings. The van der Waals surface area contributed by atoms with Gasteiger partial charge in [0.1, 0.15) is 6.07 Å². The number of aromatic amines is 1. The van der Waals surface area contributed by atoms with Crippen molar-refractivity contribution in [2.75, 3.05) is 20.2 Å². The number of methoxy groups -OCH3 is 1. The molecule has 1 saturated carbocycles. The van der Waals surface area contributed by atoms with E-state index >= 15 is 0 Å². The fourth-order valence-electron chi connectivity index (χ4n) is 7.27. The lowest BCUT2D eigenvalue weighted by atomic mass is 9.69. The van der Waals surface area contributed by atoms with Gasteiger partial charge in [0, 0.05) is 67.1 Å². The highest BCUT2D eigenvalue weighted by molar-refractivity contribution is 5.67. The molecule has 8 heteroatoms. The molecular weight excluding hydrogens is 426 g/mol. The number of aromatic nitrogens is 3. The number of H-pyrrole nitrogens is 1. The zero-order valence-electron chi connectivity index (χ0n) is 20.7. The van der Waals surface area contributed by atoms with Gasteiger partial charge in [-0.3, -0.25) is 14.9 Å². The summed E-state index contributed by atoms with van der Waals surface area (Å²) in [6, 6.07) is 7.38. The van der Waals surface area contributed by atoms with Crippen molar-refractivity contribution in [3.05, 3.63) is 41.3 Å². The molecule has 5 heterocycles. The number of piperazine rings is 1. The van der Waals surface area contributed by atoms with Crippen LogP contribution in [0.25, 0.3) is 0 Å². The Kier molecular flexibility index (Phi) is 5.53. The first-order valence-electron chi connectivity index (χ1n) is 12.2. The second-order valence-electron chi connectivity index (χ2n) is 10.9. The van der Waals surface area contributed by atoms with Crippen LogP contribution in [0.5, 0.6) is 5.88 Å². The zero-order chi connectivity index (χ0) is 24.3. The van der Waals surface area contributed by atoms with E-state index in [0.29, 0.717) is 35.4 Å². The van der Waals surface area contributed by atoms with E-state index in [4.69, 9.17) is 10.1 Å². The van der Waals surface area contributed by atoms with E-state index in [0.717, 1.165) is 25.3 Å². The molecule has 4 fully saturated rings. The summed E-state index contributed by atoms with van der Waals surface area (Å²) in [6.07, 6.45) is 6.39. The van der Waals surface area contributed by atoms with E-state index in [9.17, 15) is 5.26 Å². The normalized spacial score (nSPS) is 37.7. The number of piperidine rings is 1. The second-order valence-corrected chi connectivity index (χ2v) is 10.9. The summed E-state index contributed by atoms with van der Waals surface area (Å²) < 4.78 is 5.20. The van der Waals surface area contributed by atoms with Crippen molar-refractivity contribution in [1.29, 1.82) is 10.7 Å². The van der Waals surface area contributed by atoms with Gasteiger partial charge in [0.25, 0.3) is 0 Å². The van der Waals surface area contributed by atoms with Gasteiger partial charge in [0.2, 0.25) is 5.88 Å². The van der Waals surface area contributed by atoms with Gasteiger partial charge in [-0.05, 0) is 30.7 Å². The third-order valence-electron chi connectivity index (χ3n) is 9.65. The fourth-order valence-corrected chi connectivity index (χ4v) is 7.27. The molecule has 3 saturated heterocycles. The van der Waals surface area contributed by atoms with Gasteiger partial charge in [0.15, 0.2) is 0 Å². The monoisotopic (exact) mass is 461 g/mol. The van der Waals surface area contributed by atoms with E-state index in [1.54, 1.807) is 19.5 Å². The van der Waals surface area contributed by atoms with Crippen molar-refractivity contribution in [3.63, 3.8) is 0 Å². The van der Waals surface area contributed by atoms with Gasteiger partial charge in [-0.2, -0.15) is 10.4 Å². The molecule has 4 aliphatic rings. The lowest BCUT2D eigenvalue weighted by Gasteiger charge is -2.61. The predicted octanol–water partition coefficient (Wildman–Crippen LogP) is 3.43. The highest BCUT2D eigenvalue weighted by Crippen LogP contribution is 2.62. The van der Waals surface area contributed by atoms with E-state index < -0.39 is 0 Å². The molecule has 34 heavy (non-hydrogen) atoms. The Balaban J connectivity index is 1.42.